The number of hydrogen-bond acceptors (Lipinski definition) is 1. The van der Waals surface area contributed by atoms with Crippen LogP contribution in [0.25, 0.3) is 0 Å². The van der Waals surface area contributed by atoms with Crippen LogP contribution < -0.4 is 5.32 Å². The van der Waals surface area contributed by atoms with Crippen molar-refractivity contribution in [1.82, 2.24) is 5.32 Å². The minimum absolute atomic E-state index is 0.198. The van der Waals surface area contributed by atoms with Gasteiger partial charge in [0, 0.05) is 11.1 Å². The first kappa shape index (κ1) is 13.8. The first-order chi connectivity index (χ1) is 8.70. The van der Waals surface area contributed by atoms with Gasteiger partial charge in [-0.25, -0.2) is 4.39 Å². The van der Waals surface area contributed by atoms with Crippen molar-refractivity contribution in [2.45, 2.75) is 45.1 Å². The third-order valence-electron chi connectivity index (χ3n) is 3.88. The second kappa shape index (κ2) is 6.53. The Hall–Kier alpha value is -0.600. The summed E-state index contributed by atoms with van der Waals surface area (Å²) < 4.78 is 13.3. The molecule has 0 amide bonds. The molecule has 1 atom stereocenters. The first-order valence-electron chi connectivity index (χ1n) is 6.88. The van der Waals surface area contributed by atoms with Gasteiger partial charge < -0.3 is 5.32 Å². The van der Waals surface area contributed by atoms with Crippen molar-refractivity contribution in [2.75, 3.05) is 6.54 Å². The summed E-state index contributed by atoms with van der Waals surface area (Å²) in [7, 11) is 0. The van der Waals surface area contributed by atoms with E-state index in [4.69, 9.17) is 11.6 Å². The van der Waals surface area contributed by atoms with Crippen LogP contribution in [-0.2, 0) is 6.42 Å². The van der Waals surface area contributed by atoms with Gasteiger partial charge in [-0.05, 0) is 55.5 Å². The zero-order valence-electron chi connectivity index (χ0n) is 10.9. The van der Waals surface area contributed by atoms with Crippen LogP contribution in [-0.4, -0.2) is 12.6 Å². The highest BCUT2D eigenvalue weighted by molar-refractivity contribution is 6.31. The van der Waals surface area contributed by atoms with Gasteiger partial charge in [-0.2, -0.15) is 0 Å². The maximum Gasteiger partial charge on any atom is 0.123 e. The van der Waals surface area contributed by atoms with Crippen LogP contribution in [0.15, 0.2) is 18.2 Å². The fraction of sp³-hybridized carbons (Fsp3) is 0.600. The Bertz CT molecular complexity index is 388. The van der Waals surface area contributed by atoms with E-state index in [1.54, 1.807) is 12.1 Å². The van der Waals surface area contributed by atoms with Crippen molar-refractivity contribution in [3.05, 3.63) is 34.6 Å². The number of hydrogen-bond donors (Lipinski definition) is 1. The molecule has 100 valence electrons. The van der Waals surface area contributed by atoms with Crippen molar-refractivity contribution in [2.24, 2.45) is 5.92 Å². The molecular formula is C15H21ClFN. The second-order valence-electron chi connectivity index (χ2n) is 5.15. The van der Waals surface area contributed by atoms with Crippen LogP contribution >= 0.6 is 11.6 Å². The standard InChI is InChI=1S/C15H21ClFN/c1-2-18-15(11-5-3-4-6-11)10-12-9-13(17)7-8-14(12)16/h7-9,11,15,18H,2-6,10H2,1H3. The molecule has 1 saturated carbocycles. The van der Waals surface area contributed by atoms with Crippen molar-refractivity contribution in [3.63, 3.8) is 0 Å². The smallest absolute Gasteiger partial charge is 0.123 e. The molecule has 0 bridgehead atoms. The fourth-order valence-corrected chi connectivity index (χ4v) is 3.16. The molecule has 0 saturated heterocycles. The van der Waals surface area contributed by atoms with E-state index in [-0.39, 0.29) is 5.82 Å². The lowest BCUT2D eigenvalue weighted by Gasteiger charge is -2.24. The van der Waals surface area contributed by atoms with Gasteiger partial charge in [-0.1, -0.05) is 31.4 Å². The maximum absolute atomic E-state index is 13.3. The summed E-state index contributed by atoms with van der Waals surface area (Å²) in [6.45, 7) is 3.07. The third-order valence-corrected chi connectivity index (χ3v) is 4.25. The summed E-state index contributed by atoms with van der Waals surface area (Å²) in [4.78, 5) is 0. The Morgan fingerprint density at radius 1 is 1.39 bits per heavy atom. The van der Waals surface area contributed by atoms with E-state index in [1.165, 1.54) is 31.7 Å². The normalized spacial score (nSPS) is 18.2. The summed E-state index contributed by atoms with van der Waals surface area (Å²) in [5.74, 6) is 0.514. The zero-order valence-corrected chi connectivity index (χ0v) is 11.6. The Kier molecular flexibility index (Phi) is 5.02. The topological polar surface area (TPSA) is 12.0 Å². The van der Waals surface area contributed by atoms with Crippen molar-refractivity contribution < 1.29 is 4.39 Å². The minimum Gasteiger partial charge on any atom is -0.314 e. The molecule has 1 aromatic carbocycles. The maximum atomic E-state index is 13.3. The molecule has 0 radical (unpaired) electrons. The van der Waals surface area contributed by atoms with Gasteiger partial charge in [0.15, 0.2) is 0 Å². The number of rotatable bonds is 5. The highest BCUT2D eigenvalue weighted by Gasteiger charge is 2.25. The molecule has 0 spiro atoms. The molecule has 1 nitrogen and oxygen atoms in total. The van der Waals surface area contributed by atoms with E-state index in [0.717, 1.165) is 18.5 Å². The van der Waals surface area contributed by atoms with E-state index in [0.29, 0.717) is 17.0 Å². The summed E-state index contributed by atoms with van der Waals surface area (Å²) in [6, 6.07) is 5.08. The van der Waals surface area contributed by atoms with E-state index < -0.39 is 0 Å². The van der Waals surface area contributed by atoms with E-state index in [9.17, 15) is 4.39 Å². The van der Waals surface area contributed by atoms with E-state index >= 15 is 0 Å². The van der Waals surface area contributed by atoms with Gasteiger partial charge in [0.25, 0.3) is 0 Å². The Balaban J connectivity index is 2.09. The second-order valence-corrected chi connectivity index (χ2v) is 5.56. The predicted octanol–water partition coefficient (Wildman–Crippen LogP) is 4.19. The summed E-state index contributed by atoms with van der Waals surface area (Å²) in [5.41, 5.74) is 0.925. The third kappa shape index (κ3) is 3.46. The number of benzene rings is 1. The summed E-state index contributed by atoms with van der Waals surface area (Å²) >= 11 is 6.15. The molecule has 0 heterocycles. The Morgan fingerprint density at radius 3 is 2.78 bits per heavy atom. The van der Waals surface area contributed by atoms with Crippen LogP contribution in [0.2, 0.25) is 5.02 Å². The van der Waals surface area contributed by atoms with Gasteiger partial charge in [0.1, 0.15) is 5.82 Å². The quantitative estimate of drug-likeness (QED) is 0.845. The molecule has 18 heavy (non-hydrogen) atoms. The fourth-order valence-electron chi connectivity index (χ4n) is 2.96. The monoisotopic (exact) mass is 269 g/mol. The number of nitrogens with one attached hydrogen (secondary N) is 1. The summed E-state index contributed by atoms with van der Waals surface area (Å²) in [6.07, 6.45) is 6.04. The lowest BCUT2D eigenvalue weighted by molar-refractivity contribution is 0.362. The minimum atomic E-state index is -0.198. The first-order valence-corrected chi connectivity index (χ1v) is 7.25. The molecule has 2 rings (SSSR count). The van der Waals surface area contributed by atoms with Gasteiger partial charge in [-0.15, -0.1) is 0 Å². The van der Waals surface area contributed by atoms with Gasteiger partial charge in [-0.3, -0.25) is 0 Å². The van der Waals surface area contributed by atoms with E-state index in [1.807, 2.05) is 0 Å². The number of halogens is 2. The van der Waals surface area contributed by atoms with Crippen LogP contribution in [0.3, 0.4) is 0 Å². The largest absolute Gasteiger partial charge is 0.314 e. The molecule has 1 fully saturated rings. The van der Waals surface area contributed by atoms with Crippen molar-refractivity contribution in [3.8, 4) is 0 Å². The zero-order chi connectivity index (χ0) is 13.0. The SMILES string of the molecule is CCNC(Cc1cc(F)ccc1Cl)C1CCCC1. The van der Waals surface area contributed by atoms with Crippen molar-refractivity contribution >= 4 is 11.6 Å². The molecular weight excluding hydrogens is 249 g/mol. The summed E-state index contributed by atoms with van der Waals surface area (Å²) in [5, 5.41) is 4.22. The van der Waals surface area contributed by atoms with Crippen LogP contribution in [0.1, 0.15) is 38.2 Å². The molecule has 1 aromatic rings. The molecule has 3 heteroatoms. The Morgan fingerprint density at radius 2 is 2.11 bits per heavy atom. The van der Waals surface area contributed by atoms with Gasteiger partial charge in [0.2, 0.25) is 0 Å². The van der Waals surface area contributed by atoms with Crippen LogP contribution in [0, 0.1) is 11.7 Å². The van der Waals surface area contributed by atoms with Crippen molar-refractivity contribution in [1.29, 1.82) is 0 Å². The molecule has 0 aromatic heterocycles. The molecule has 1 N–H and O–H groups in total. The van der Waals surface area contributed by atoms with Crippen LogP contribution in [0.4, 0.5) is 4.39 Å². The lowest BCUT2D eigenvalue weighted by atomic mass is 9.92. The van der Waals surface area contributed by atoms with E-state index in [2.05, 4.69) is 12.2 Å². The lowest BCUT2D eigenvalue weighted by Crippen LogP contribution is -2.37. The average molecular weight is 270 g/mol. The molecule has 1 aliphatic carbocycles. The molecule has 1 unspecified atom stereocenters. The average Bonchev–Trinajstić information content (AvgIpc) is 2.87. The molecule has 0 aliphatic heterocycles. The van der Waals surface area contributed by atoms with Gasteiger partial charge >= 0.3 is 0 Å². The Labute approximate surface area is 114 Å². The highest BCUT2D eigenvalue weighted by Crippen LogP contribution is 2.30. The number of likely N-dealkylation sites (N-methyl/N-ethyl adjacent to an activating group) is 1. The molecule has 1 aliphatic rings. The predicted molar refractivity (Wildman–Crippen MR) is 74.5 cm³/mol. The van der Waals surface area contributed by atoms with Crippen LogP contribution in [0.5, 0.6) is 0 Å². The highest BCUT2D eigenvalue weighted by atomic mass is 35.5. The van der Waals surface area contributed by atoms with Gasteiger partial charge in [0.05, 0.1) is 0 Å².